The maximum Gasteiger partial charge on any atom is 0.515 e. The Kier molecular flexibility index (Phi) is 5.58. The van der Waals surface area contributed by atoms with Crippen LogP contribution in [0.1, 0.15) is 12.5 Å². The molecule has 0 unspecified atom stereocenters. The van der Waals surface area contributed by atoms with Crippen LogP contribution in [0.3, 0.4) is 0 Å². The third kappa shape index (κ3) is 4.68. The quantitative estimate of drug-likeness (QED) is 0.346. The first kappa shape index (κ1) is 14.6. The Morgan fingerprint density at radius 2 is 2.10 bits per heavy atom. The Morgan fingerprint density at radius 3 is 2.70 bits per heavy atom. The van der Waals surface area contributed by atoms with Crippen molar-refractivity contribution in [2.24, 2.45) is 5.92 Å². The zero-order chi connectivity index (χ0) is 14.2. The van der Waals surface area contributed by atoms with Crippen molar-refractivity contribution in [1.29, 1.82) is 0 Å². The van der Waals surface area contributed by atoms with Crippen LogP contribution in [-0.4, -0.2) is 32.8 Å². The van der Waals surface area contributed by atoms with E-state index in [9.17, 15) is 4.79 Å². The highest BCUT2D eigenvalue weighted by Gasteiger charge is 2.18. The zero-order valence-electron chi connectivity index (χ0n) is 11.4. The minimum atomic E-state index is -0.770. The molecule has 1 aliphatic heterocycles. The molecule has 5 heteroatoms. The number of rotatable bonds is 6. The number of carbonyl (C=O) groups excluding carboxylic acids is 1. The lowest BCUT2D eigenvalue weighted by Crippen LogP contribution is -2.32. The van der Waals surface area contributed by atoms with Gasteiger partial charge in [0.25, 0.3) is 0 Å². The monoisotopic (exact) mass is 278 g/mol. The molecule has 5 nitrogen and oxygen atoms in total. The van der Waals surface area contributed by atoms with Gasteiger partial charge in [-0.25, -0.2) is 4.79 Å². The topological polar surface area (TPSA) is 54.0 Å². The Labute approximate surface area is 118 Å². The average molecular weight is 278 g/mol. The van der Waals surface area contributed by atoms with Crippen molar-refractivity contribution in [3.05, 3.63) is 35.9 Å². The summed E-state index contributed by atoms with van der Waals surface area (Å²) < 4.78 is 20.0. The molecule has 1 saturated heterocycles. The van der Waals surface area contributed by atoms with E-state index in [1.807, 2.05) is 31.2 Å². The predicted molar refractivity (Wildman–Crippen MR) is 73.4 cm³/mol. The van der Waals surface area contributed by atoms with Gasteiger partial charge in [0.1, 0.15) is 5.75 Å². The molecular weight excluding hydrogens is 260 g/mol. The number of benzene rings is 1. The van der Waals surface area contributed by atoms with Gasteiger partial charge in [-0.2, -0.15) is 0 Å². The van der Waals surface area contributed by atoms with Gasteiger partial charge in [-0.15, -0.1) is 0 Å². The van der Waals surface area contributed by atoms with E-state index in [-0.39, 0.29) is 6.79 Å². The molecule has 1 heterocycles. The van der Waals surface area contributed by atoms with Crippen LogP contribution in [0.25, 0.3) is 6.08 Å². The van der Waals surface area contributed by atoms with Gasteiger partial charge in [-0.05, 0) is 24.6 Å². The maximum absolute atomic E-state index is 11.4. The normalized spacial score (nSPS) is 15.1. The van der Waals surface area contributed by atoms with Crippen molar-refractivity contribution in [2.75, 3.05) is 26.6 Å². The number of ether oxygens (including phenoxy) is 4. The molecule has 0 bridgehead atoms. The minimum absolute atomic E-state index is 0.105. The second kappa shape index (κ2) is 7.67. The summed E-state index contributed by atoms with van der Waals surface area (Å²) in [7, 11) is 0. The van der Waals surface area contributed by atoms with Crippen molar-refractivity contribution < 1.29 is 23.7 Å². The van der Waals surface area contributed by atoms with Crippen LogP contribution >= 0.6 is 0 Å². The number of allylic oxidation sites excluding steroid dienone is 1. The van der Waals surface area contributed by atoms with Gasteiger partial charge in [0.15, 0.2) is 6.79 Å². The molecule has 1 aliphatic rings. The lowest BCUT2D eigenvalue weighted by molar-refractivity contribution is -0.103. The standard InChI is InChI=1S/C15H18O5/c1-2-3-12-4-6-14(7-5-12)20-15(16)19-11-18-10-13-8-17-9-13/h2-7,13H,8-11H2,1H3. The second-order valence-corrected chi connectivity index (χ2v) is 4.46. The molecule has 0 N–H and O–H groups in total. The van der Waals surface area contributed by atoms with E-state index < -0.39 is 6.16 Å². The van der Waals surface area contributed by atoms with E-state index in [4.69, 9.17) is 18.9 Å². The summed E-state index contributed by atoms with van der Waals surface area (Å²) in [5, 5.41) is 0. The molecule has 1 fully saturated rings. The van der Waals surface area contributed by atoms with E-state index in [0.29, 0.717) is 31.5 Å². The van der Waals surface area contributed by atoms with E-state index in [2.05, 4.69) is 0 Å². The molecule has 0 aliphatic carbocycles. The molecule has 108 valence electrons. The number of hydrogen-bond acceptors (Lipinski definition) is 5. The first-order chi connectivity index (χ1) is 9.78. The summed E-state index contributed by atoms with van der Waals surface area (Å²) in [5.74, 6) is 0.851. The van der Waals surface area contributed by atoms with Gasteiger partial charge < -0.3 is 18.9 Å². The van der Waals surface area contributed by atoms with E-state index in [1.165, 1.54) is 0 Å². The molecule has 20 heavy (non-hydrogen) atoms. The largest absolute Gasteiger partial charge is 0.515 e. The molecule has 0 saturated carbocycles. The second-order valence-electron chi connectivity index (χ2n) is 4.46. The summed E-state index contributed by atoms with van der Waals surface area (Å²) in [6, 6.07) is 7.14. The fourth-order valence-electron chi connectivity index (χ4n) is 1.65. The SMILES string of the molecule is CC=Cc1ccc(OC(=O)OCOCC2COC2)cc1. The Morgan fingerprint density at radius 1 is 1.35 bits per heavy atom. The van der Waals surface area contributed by atoms with Crippen LogP contribution in [0.15, 0.2) is 30.3 Å². The summed E-state index contributed by atoms with van der Waals surface area (Å²) in [4.78, 5) is 11.4. The third-order valence-electron chi connectivity index (χ3n) is 2.76. The van der Waals surface area contributed by atoms with Crippen LogP contribution in [0, 0.1) is 5.92 Å². The van der Waals surface area contributed by atoms with Crippen molar-refractivity contribution in [3.63, 3.8) is 0 Å². The fourth-order valence-corrected chi connectivity index (χ4v) is 1.65. The lowest BCUT2D eigenvalue weighted by Gasteiger charge is -2.25. The van der Waals surface area contributed by atoms with Gasteiger partial charge >= 0.3 is 6.16 Å². The first-order valence-electron chi connectivity index (χ1n) is 6.51. The summed E-state index contributed by atoms with van der Waals surface area (Å²) in [5.41, 5.74) is 1.04. The maximum atomic E-state index is 11.4. The highest BCUT2D eigenvalue weighted by atomic mass is 16.8. The van der Waals surface area contributed by atoms with Gasteiger partial charge in [0.2, 0.25) is 0 Å². The predicted octanol–water partition coefficient (Wildman–Crippen LogP) is 2.86. The van der Waals surface area contributed by atoms with Crippen LogP contribution in [0.5, 0.6) is 5.75 Å². The van der Waals surface area contributed by atoms with E-state index in [1.54, 1.807) is 12.1 Å². The van der Waals surface area contributed by atoms with Gasteiger partial charge in [0.05, 0.1) is 19.8 Å². The summed E-state index contributed by atoms with van der Waals surface area (Å²) in [6.07, 6.45) is 3.13. The van der Waals surface area contributed by atoms with Crippen molar-refractivity contribution in [1.82, 2.24) is 0 Å². The smallest absolute Gasteiger partial charge is 0.407 e. The minimum Gasteiger partial charge on any atom is -0.407 e. The fraction of sp³-hybridized carbons (Fsp3) is 0.400. The van der Waals surface area contributed by atoms with Gasteiger partial charge in [-0.3, -0.25) is 0 Å². The number of hydrogen-bond donors (Lipinski definition) is 0. The Balaban J connectivity index is 1.65. The molecule has 0 spiro atoms. The molecule has 0 amide bonds. The van der Waals surface area contributed by atoms with Crippen LogP contribution in [0.2, 0.25) is 0 Å². The molecule has 0 atom stereocenters. The molecule has 0 radical (unpaired) electrons. The number of carbonyl (C=O) groups is 1. The Bertz CT molecular complexity index is 448. The Hall–Kier alpha value is -1.85. The van der Waals surface area contributed by atoms with Crippen molar-refractivity contribution in [2.45, 2.75) is 6.92 Å². The summed E-state index contributed by atoms with van der Waals surface area (Å²) in [6.45, 7) is 3.79. The van der Waals surface area contributed by atoms with Crippen LogP contribution in [0.4, 0.5) is 4.79 Å². The zero-order valence-corrected chi connectivity index (χ0v) is 11.4. The van der Waals surface area contributed by atoms with Gasteiger partial charge in [-0.1, -0.05) is 24.3 Å². The molecule has 1 aromatic carbocycles. The van der Waals surface area contributed by atoms with Crippen LogP contribution in [-0.2, 0) is 14.2 Å². The van der Waals surface area contributed by atoms with E-state index in [0.717, 1.165) is 5.56 Å². The molecular formula is C15H18O5. The summed E-state index contributed by atoms with van der Waals surface area (Å²) >= 11 is 0. The average Bonchev–Trinajstić information content (AvgIpc) is 2.39. The van der Waals surface area contributed by atoms with E-state index >= 15 is 0 Å². The van der Waals surface area contributed by atoms with Crippen LogP contribution < -0.4 is 4.74 Å². The lowest BCUT2D eigenvalue weighted by atomic mass is 10.1. The molecule has 0 aromatic heterocycles. The highest BCUT2D eigenvalue weighted by Crippen LogP contribution is 2.14. The highest BCUT2D eigenvalue weighted by molar-refractivity contribution is 5.64. The molecule has 2 rings (SSSR count). The van der Waals surface area contributed by atoms with Crippen molar-refractivity contribution in [3.8, 4) is 5.75 Å². The molecule has 1 aromatic rings. The first-order valence-corrected chi connectivity index (χ1v) is 6.51. The van der Waals surface area contributed by atoms with Gasteiger partial charge in [0, 0.05) is 5.92 Å². The third-order valence-corrected chi connectivity index (χ3v) is 2.76. The van der Waals surface area contributed by atoms with Crippen molar-refractivity contribution >= 4 is 12.2 Å².